The minimum absolute atomic E-state index is 0.507. The van der Waals surface area contributed by atoms with E-state index in [0.29, 0.717) is 5.92 Å². The summed E-state index contributed by atoms with van der Waals surface area (Å²) in [4.78, 5) is 0. The fraction of sp³-hybridized carbons (Fsp3) is 0.704. The average molecular weight is 371 g/mol. The van der Waals surface area contributed by atoms with Crippen LogP contribution in [-0.4, -0.2) is 0 Å². The van der Waals surface area contributed by atoms with Crippen LogP contribution in [0.25, 0.3) is 0 Å². The van der Waals surface area contributed by atoms with E-state index < -0.39 is 0 Å². The maximum absolute atomic E-state index is 4.15. The summed E-state index contributed by atoms with van der Waals surface area (Å²) in [6.45, 7) is 13.7. The van der Waals surface area contributed by atoms with Crippen LogP contribution in [0.5, 0.6) is 0 Å². The van der Waals surface area contributed by atoms with E-state index in [1.807, 2.05) is 0 Å². The molecule has 0 nitrogen and oxygen atoms in total. The molecule has 0 aliphatic carbocycles. The van der Waals surface area contributed by atoms with Gasteiger partial charge in [-0.1, -0.05) is 122 Å². The summed E-state index contributed by atoms with van der Waals surface area (Å²) in [6.07, 6.45) is 17.2. The standard InChI is InChI=1S/C27H46/c1-6-11-14-20-26(27(10-5)24(9-4)17-12-7-2)22-21-23(8-3)25-18-15-13-16-19-25/h8,13,15-16,18-19,23-24,26-27H,3,6-7,9-12,14,17,20-22H2,1-2,4-5H3. The molecule has 1 aromatic carbocycles. The molecule has 0 fully saturated rings. The van der Waals surface area contributed by atoms with Gasteiger partial charge in [-0.15, -0.1) is 6.58 Å². The Morgan fingerprint density at radius 2 is 1.41 bits per heavy atom. The second-order valence-electron chi connectivity index (χ2n) is 8.47. The Balaban J connectivity index is 2.82. The largest absolute Gasteiger partial charge is 0.102 e. The van der Waals surface area contributed by atoms with Gasteiger partial charge in [0.25, 0.3) is 0 Å². The van der Waals surface area contributed by atoms with Crippen LogP contribution in [0.2, 0.25) is 0 Å². The molecule has 0 bridgehead atoms. The van der Waals surface area contributed by atoms with E-state index in [0.717, 1.165) is 17.8 Å². The maximum Gasteiger partial charge on any atom is 0.00153 e. The van der Waals surface area contributed by atoms with Gasteiger partial charge in [0, 0.05) is 5.92 Å². The van der Waals surface area contributed by atoms with E-state index in [9.17, 15) is 0 Å². The van der Waals surface area contributed by atoms with Crippen molar-refractivity contribution in [2.75, 3.05) is 0 Å². The Morgan fingerprint density at radius 3 is 1.96 bits per heavy atom. The van der Waals surface area contributed by atoms with Gasteiger partial charge in [0.05, 0.1) is 0 Å². The molecule has 0 amide bonds. The molecule has 0 saturated carbocycles. The molecule has 0 aromatic heterocycles. The van der Waals surface area contributed by atoms with Gasteiger partial charge in [-0.2, -0.15) is 0 Å². The second kappa shape index (κ2) is 14.9. The first-order valence-corrected chi connectivity index (χ1v) is 11.9. The van der Waals surface area contributed by atoms with E-state index in [1.54, 1.807) is 0 Å². The molecule has 4 unspecified atom stereocenters. The van der Waals surface area contributed by atoms with Crippen molar-refractivity contribution in [3.63, 3.8) is 0 Å². The zero-order valence-electron chi connectivity index (χ0n) is 18.8. The van der Waals surface area contributed by atoms with E-state index in [2.05, 4.69) is 70.7 Å². The third-order valence-corrected chi connectivity index (χ3v) is 6.67. The third kappa shape index (κ3) is 8.67. The first-order chi connectivity index (χ1) is 13.2. The molecule has 0 aliphatic rings. The summed E-state index contributed by atoms with van der Waals surface area (Å²) >= 11 is 0. The van der Waals surface area contributed by atoms with Gasteiger partial charge >= 0.3 is 0 Å². The summed E-state index contributed by atoms with van der Waals surface area (Å²) < 4.78 is 0. The topological polar surface area (TPSA) is 0 Å². The van der Waals surface area contributed by atoms with Crippen LogP contribution in [0.1, 0.15) is 110 Å². The Morgan fingerprint density at radius 1 is 0.741 bits per heavy atom. The average Bonchev–Trinajstić information content (AvgIpc) is 2.71. The lowest BCUT2D eigenvalue weighted by Gasteiger charge is -2.34. The zero-order chi connectivity index (χ0) is 19.9. The van der Waals surface area contributed by atoms with Crippen molar-refractivity contribution >= 4 is 0 Å². The highest BCUT2D eigenvalue weighted by Gasteiger charge is 2.27. The molecule has 0 radical (unpaired) electrons. The van der Waals surface area contributed by atoms with E-state index in [4.69, 9.17) is 0 Å². The van der Waals surface area contributed by atoms with Crippen LogP contribution in [0.15, 0.2) is 43.0 Å². The number of rotatable bonds is 16. The van der Waals surface area contributed by atoms with Crippen molar-refractivity contribution in [1.82, 2.24) is 0 Å². The van der Waals surface area contributed by atoms with Crippen LogP contribution in [0, 0.1) is 17.8 Å². The molecule has 4 atom stereocenters. The third-order valence-electron chi connectivity index (χ3n) is 6.67. The molecule has 154 valence electrons. The highest BCUT2D eigenvalue weighted by atomic mass is 14.3. The lowest BCUT2D eigenvalue weighted by atomic mass is 9.72. The van der Waals surface area contributed by atoms with Crippen molar-refractivity contribution in [2.24, 2.45) is 17.8 Å². The predicted octanol–water partition coefficient (Wildman–Crippen LogP) is 9.18. The van der Waals surface area contributed by atoms with Crippen LogP contribution in [0.4, 0.5) is 0 Å². The van der Waals surface area contributed by atoms with Crippen LogP contribution in [0.3, 0.4) is 0 Å². The van der Waals surface area contributed by atoms with Gasteiger partial charge in [0.2, 0.25) is 0 Å². The van der Waals surface area contributed by atoms with Crippen molar-refractivity contribution in [3.05, 3.63) is 48.6 Å². The molecule has 0 heteroatoms. The number of hydrogen-bond donors (Lipinski definition) is 0. The van der Waals surface area contributed by atoms with Gasteiger partial charge in [0.15, 0.2) is 0 Å². The summed E-state index contributed by atoms with van der Waals surface area (Å²) in [7, 11) is 0. The van der Waals surface area contributed by atoms with E-state index >= 15 is 0 Å². The molecule has 1 aromatic rings. The van der Waals surface area contributed by atoms with Crippen LogP contribution < -0.4 is 0 Å². The molecule has 27 heavy (non-hydrogen) atoms. The summed E-state index contributed by atoms with van der Waals surface area (Å²) in [5, 5.41) is 0. The quantitative estimate of drug-likeness (QED) is 0.201. The Bertz CT molecular complexity index is 460. The first kappa shape index (κ1) is 24.0. The highest BCUT2D eigenvalue weighted by molar-refractivity contribution is 5.22. The second-order valence-corrected chi connectivity index (χ2v) is 8.47. The minimum Gasteiger partial charge on any atom is -0.102 e. The smallest absolute Gasteiger partial charge is 0.00153 e. The van der Waals surface area contributed by atoms with Crippen molar-refractivity contribution in [1.29, 1.82) is 0 Å². The van der Waals surface area contributed by atoms with E-state index in [1.165, 1.54) is 76.2 Å². The number of hydrogen-bond acceptors (Lipinski definition) is 0. The normalized spacial score (nSPS) is 15.9. The van der Waals surface area contributed by atoms with Gasteiger partial charge in [0.1, 0.15) is 0 Å². The monoisotopic (exact) mass is 370 g/mol. The van der Waals surface area contributed by atoms with Crippen LogP contribution >= 0.6 is 0 Å². The maximum atomic E-state index is 4.15. The molecule has 0 spiro atoms. The summed E-state index contributed by atoms with van der Waals surface area (Å²) in [5.74, 6) is 3.21. The summed E-state index contributed by atoms with van der Waals surface area (Å²) in [6, 6.07) is 11.0. The number of unbranched alkanes of at least 4 members (excludes halogenated alkanes) is 3. The van der Waals surface area contributed by atoms with Crippen molar-refractivity contribution < 1.29 is 0 Å². The Hall–Kier alpha value is -1.04. The van der Waals surface area contributed by atoms with E-state index in [-0.39, 0.29) is 0 Å². The van der Waals surface area contributed by atoms with Gasteiger partial charge in [-0.3, -0.25) is 0 Å². The molecule has 0 aliphatic heterocycles. The summed E-state index contributed by atoms with van der Waals surface area (Å²) in [5.41, 5.74) is 1.44. The van der Waals surface area contributed by atoms with Gasteiger partial charge < -0.3 is 0 Å². The fourth-order valence-electron chi connectivity index (χ4n) is 4.98. The molecular formula is C27H46. The van der Waals surface area contributed by atoms with Gasteiger partial charge in [-0.05, 0) is 36.2 Å². The molecule has 1 rings (SSSR count). The highest BCUT2D eigenvalue weighted by Crippen LogP contribution is 2.38. The van der Waals surface area contributed by atoms with Crippen molar-refractivity contribution in [2.45, 2.75) is 104 Å². The van der Waals surface area contributed by atoms with Crippen LogP contribution in [-0.2, 0) is 0 Å². The minimum atomic E-state index is 0.507. The molecular weight excluding hydrogens is 324 g/mol. The Labute approximate surface area is 170 Å². The zero-order valence-corrected chi connectivity index (χ0v) is 18.8. The molecule has 0 N–H and O–H groups in total. The predicted molar refractivity (Wildman–Crippen MR) is 123 cm³/mol. The SMILES string of the molecule is C=CC(CCC(CCCCC)C(CC)C(CC)CCCC)c1ccccc1. The number of benzene rings is 1. The molecule has 0 saturated heterocycles. The molecule has 0 heterocycles. The number of allylic oxidation sites excluding steroid dienone is 1. The first-order valence-electron chi connectivity index (χ1n) is 11.9. The van der Waals surface area contributed by atoms with Crippen molar-refractivity contribution in [3.8, 4) is 0 Å². The lowest BCUT2D eigenvalue weighted by molar-refractivity contribution is 0.172. The Kier molecular flexibility index (Phi) is 13.3. The fourth-order valence-corrected chi connectivity index (χ4v) is 4.98. The lowest BCUT2D eigenvalue weighted by Crippen LogP contribution is -2.24. The van der Waals surface area contributed by atoms with Gasteiger partial charge in [-0.25, -0.2) is 0 Å².